The molecule has 17 heteroatoms. The van der Waals surface area contributed by atoms with Crippen LogP contribution in [0.1, 0.15) is 99.1 Å². The number of hydrogen-bond acceptors (Lipinski definition) is 11. The van der Waals surface area contributed by atoms with Crippen molar-refractivity contribution in [1.29, 1.82) is 0 Å². The minimum atomic E-state index is -3.60. The van der Waals surface area contributed by atoms with Gasteiger partial charge in [-0.05, 0) is 82.6 Å². The number of piperazine rings is 2. The maximum absolute atomic E-state index is 15.9. The summed E-state index contributed by atoms with van der Waals surface area (Å²) in [7, 11) is -7.19. The first-order valence-corrected chi connectivity index (χ1v) is 26.5. The molecule has 4 aromatic rings. The fourth-order valence-electron chi connectivity index (χ4n) is 8.10. The molecule has 2 aliphatic heterocycles. The number of sulfone groups is 2. The van der Waals surface area contributed by atoms with Crippen LogP contribution in [0.4, 0.5) is 20.2 Å². The highest BCUT2D eigenvalue weighted by molar-refractivity contribution is 7.91. The van der Waals surface area contributed by atoms with Crippen LogP contribution in [-0.4, -0.2) is 122 Å². The van der Waals surface area contributed by atoms with E-state index in [4.69, 9.17) is 9.47 Å². The number of anilines is 2. The number of rotatable bonds is 14. The van der Waals surface area contributed by atoms with E-state index in [1.807, 2.05) is 51.3 Å². The second-order valence-corrected chi connectivity index (χ2v) is 24.4. The van der Waals surface area contributed by atoms with Crippen molar-refractivity contribution in [1.82, 2.24) is 9.80 Å². The standard InChI is InChI=1S/C51H64F2N4O9S2/c1-33(35-11-15-43(41(52)27-35)54-19-23-56(24-20-54)48(59)39-29-37(67(9,61)62)13-17-45(39)65-31-50(3,4)5)47(58)34(2)36-12-16-44(42(53)28-36)55-21-25-57(26-22-55)49(60)40-30-38(68(10,63)64)14-18-46(40)66-32-51(6,7)8/h11-18,27-30,33-34H,19-26,31-32H2,1-10H3. The Labute approximate surface area is 400 Å². The van der Waals surface area contributed by atoms with Crippen molar-refractivity contribution in [2.24, 2.45) is 10.8 Å². The van der Waals surface area contributed by atoms with Gasteiger partial charge in [0.05, 0.1) is 45.5 Å². The Kier molecular flexibility index (Phi) is 15.4. The monoisotopic (exact) mass is 978 g/mol. The molecule has 0 spiro atoms. The molecule has 2 saturated heterocycles. The fraction of sp³-hybridized carbons (Fsp3) is 0.471. The van der Waals surface area contributed by atoms with Crippen LogP contribution in [0.25, 0.3) is 0 Å². The number of benzene rings is 4. The van der Waals surface area contributed by atoms with E-state index in [0.717, 1.165) is 12.5 Å². The summed E-state index contributed by atoms with van der Waals surface area (Å²) in [6.07, 6.45) is 2.16. The van der Waals surface area contributed by atoms with Gasteiger partial charge in [-0.25, -0.2) is 25.6 Å². The zero-order valence-electron chi connectivity index (χ0n) is 40.7. The lowest BCUT2D eigenvalue weighted by Crippen LogP contribution is -2.49. The lowest BCUT2D eigenvalue weighted by atomic mass is 9.85. The van der Waals surface area contributed by atoms with Crippen LogP contribution in [0.3, 0.4) is 0 Å². The molecule has 6 rings (SSSR count). The van der Waals surface area contributed by atoms with Crippen LogP contribution in [0.5, 0.6) is 11.5 Å². The maximum atomic E-state index is 15.9. The van der Waals surface area contributed by atoms with Gasteiger partial charge < -0.3 is 29.1 Å². The van der Waals surface area contributed by atoms with Crippen molar-refractivity contribution in [3.05, 3.63) is 107 Å². The summed E-state index contributed by atoms with van der Waals surface area (Å²) in [6, 6.07) is 17.9. The van der Waals surface area contributed by atoms with E-state index in [2.05, 4.69) is 0 Å². The number of halogens is 2. The molecule has 2 heterocycles. The van der Waals surface area contributed by atoms with Crippen LogP contribution in [0.2, 0.25) is 0 Å². The zero-order chi connectivity index (χ0) is 50.1. The first kappa shape index (κ1) is 51.8. The van der Waals surface area contributed by atoms with E-state index in [1.165, 1.54) is 48.5 Å². The molecule has 4 aromatic carbocycles. The van der Waals surface area contributed by atoms with Gasteiger partial charge in [-0.1, -0.05) is 67.5 Å². The highest BCUT2D eigenvalue weighted by Gasteiger charge is 2.31. The lowest BCUT2D eigenvalue weighted by molar-refractivity contribution is -0.121. The summed E-state index contributed by atoms with van der Waals surface area (Å²) in [5.74, 6) is -2.89. The number of carbonyl (C=O) groups excluding carboxylic acids is 3. The van der Waals surface area contributed by atoms with Gasteiger partial charge in [0.2, 0.25) is 0 Å². The van der Waals surface area contributed by atoms with E-state index >= 15 is 8.78 Å². The lowest BCUT2D eigenvalue weighted by Gasteiger charge is -2.36. The Morgan fingerprint density at radius 1 is 0.544 bits per heavy atom. The number of nitrogens with zero attached hydrogens (tertiary/aromatic N) is 4. The maximum Gasteiger partial charge on any atom is 0.257 e. The predicted octanol–water partition coefficient (Wildman–Crippen LogP) is 8.02. The van der Waals surface area contributed by atoms with E-state index in [1.54, 1.807) is 47.9 Å². The van der Waals surface area contributed by atoms with Gasteiger partial charge in [-0.2, -0.15) is 0 Å². The summed E-state index contributed by atoms with van der Waals surface area (Å²) in [5.41, 5.74) is 1.44. The highest BCUT2D eigenvalue weighted by atomic mass is 32.2. The van der Waals surface area contributed by atoms with E-state index < -0.39 is 43.1 Å². The molecule has 0 radical (unpaired) electrons. The van der Waals surface area contributed by atoms with Gasteiger partial charge in [0.25, 0.3) is 11.8 Å². The van der Waals surface area contributed by atoms with Gasteiger partial charge >= 0.3 is 0 Å². The van der Waals surface area contributed by atoms with Crippen molar-refractivity contribution in [3.8, 4) is 11.5 Å². The molecule has 2 atom stereocenters. The van der Waals surface area contributed by atoms with Crippen LogP contribution in [0, 0.1) is 22.5 Å². The van der Waals surface area contributed by atoms with Gasteiger partial charge in [-0.3, -0.25) is 14.4 Å². The number of carbonyl (C=O) groups is 3. The molecule has 0 N–H and O–H groups in total. The van der Waals surface area contributed by atoms with Crippen LogP contribution in [-0.2, 0) is 24.5 Å². The molecule has 368 valence electrons. The van der Waals surface area contributed by atoms with Crippen molar-refractivity contribution in [2.45, 2.75) is 77.0 Å². The SMILES string of the molecule is CC(C(=O)C(C)c1ccc(N2CCN(C(=O)c3cc(S(C)(=O)=O)ccc3OCC(C)(C)C)CC2)c(F)c1)c1ccc(N2CCN(C(=O)c3cc(S(C)(=O)=O)ccc3OCC(C)(C)C)CC2)c(F)c1. The average molecular weight is 979 g/mol. The molecule has 2 fully saturated rings. The second kappa shape index (κ2) is 20.2. The third-order valence-electron chi connectivity index (χ3n) is 12.2. The molecule has 0 aromatic heterocycles. The van der Waals surface area contributed by atoms with Gasteiger partial charge in [0.15, 0.2) is 19.7 Å². The second-order valence-electron chi connectivity index (χ2n) is 20.4. The summed E-state index contributed by atoms with van der Waals surface area (Å²) in [4.78, 5) is 48.3. The number of Topliss-reactive ketones (excluding diaryl/α,β-unsaturated/α-hetero) is 1. The van der Waals surface area contributed by atoms with Gasteiger partial charge in [0.1, 0.15) is 28.9 Å². The number of hydrogen-bond donors (Lipinski definition) is 0. The third-order valence-corrected chi connectivity index (χ3v) is 14.4. The molecule has 13 nitrogen and oxygen atoms in total. The van der Waals surface area contributed by atoms with E-state index in [9.17, 15) is 31.2 Å². The predicted molar refractivity (Wildman–Crippen MR) is 260 cm³/mol. The minimum absolute atomic E-state index is 0.00632. The fourth-order valence-corrected chi connectivity index (χ4v) is 9.39. The largest absolute Gasteiger partial charge is 0.492 e. The van der Waals surface area contributed by atoms with E-state index in [-0.39, 0.29) is 75.5 Å². The Morgan fingerprint density at radius 3 is 1.18 bits per heavy atom. The van der Waals surface area contributed by atoms with Crippen LogP contribution >= 0.6 is 0 Å². The Balaban J connectivity index is 1.06. The molecule has 0 saturated carbocycles. The Hall–Kier alpha value is -5.55. The normalized spacial score (nSPS) is 16.1. The Bertz CT molecular complexity index is 2590. The van der Waals surface area contributed by atoms with Crippen molar-refractivity contribution in [2.75, 3.05) is 87.9 Å². The minimum Gasteiger partial charge on any atom is -0.492 e. The molecule has 68 heavy (non-hydrogen) atoms. The highest BCUT2D eigenvalue weighted by Crippen LogP contribution is 2.34. The number of ether oxygens (including phenoxy) is 2. The summed E-state index contributed by atoms with van der Waals surface area (Å²) >= 11 is 0. The molecule has 0 bridgehead atoms. The summed E-state index contributed by atoms with van der Waals surface area (Å²) in [6.45, 7) is 18.1. The topological polar surface area (TPSA) is 151 Å². The van der Waals surface area contributed by atoms with Crippen LogP contribution in [0.15, 0.2) is 82.6 Å². The first-order valence-electron chi connectivity index (χ1n) is 22.8. The van der Waals surface area contributed by atoms with Gasteiger partial charge in [-0.15, -0.1) is 0 Å². The average Bonchev–Trinajstić information content (AvgIpc) is 3.27. The quantitative estimate of drug-likeness (QED) is 0.121. The summed E-state index contributed by atoms with van der Waals surface area (Å²) < 4.78 is 93.1. The van der Waals surface area contributed by atoms with Crippen LogP contribution < -0.4 is 19.3 Å². The van der Waals surface area contributed by atoms with Crippen molar-refractivity contribution < 1.29 is 49.5 Å². The Morgan fingerprint density at radius 2 is 0.882 bits per heavy atom. The molecule has 0 aliphatic carbocycles. The van der Waals surface area contributed by atoms with Crippen molar-refractivity contribution in [3.63, 3.8) is 0 Å². The van der Waals surface area contributed by atoms with Crippen molar-refractivity contribution >= 4 is 48.6 Å². The molecule has 2 unspecified atom stereocenters. The molecule has 2 amide bonds. The molecular formula is C51H64F2N4O9S2. The first-order chi connectivity index (χ1) is 31.6. The number of amides is 2. The smallest absolute Gasteiger partial charge is 0.257 e. The third kappa shape index (κ3) is 12.6. The molecule has 2 aliphatic rings. The summed E-state index contributed by atoms with van der Waals surface area (Å²) in [5, 5.41) is 0. The number of ketones is 1. The molecular weight excluding hydrogens is 915 g/mol. The van der Waals surface area contributed by atoms with Gasteiger partial charge in [0, 0.05) is 76.7 Å². The van der Waals surface area contributed by atoms with E-state index in [0.29, 0.717) is 73.4 Å². The zero-order valence-corrected chi connectivity index (χ0v) is 42.3.